The molecule has 3 N–H and O–H groups in total. The summed E-state index contributed by atoms with van der Waals surface area (Å²) in [7, 11) is 1.74. The van der Waals surface area contributed by atoms with Gasteiger partial charge < -0.3 is 25.6 Å². The molecule has 1 aromatic rings. The molecule has 2 rings (SSSR count). The van der Waals surface area contributed by atoms with Crippen LogP contribution >= 0.6 is 24.0 Å². The minimum atomic E-state index is -0.237. The predicted octanol–water partition coefficient (Wildman–Crippen LogP) is 3.58. The Morgan fingerprint density at radius 3 is 2.58 bits per heavy atom. The first kappa shape index (κ1) is 27.0. The lowest BCUT2D eigenvalue weighted by molar-refractivity contribution is -0.119. The second-order valence-electron chi connectivity index (χ2n) is 7.53. The van der Waals surface area contributed by atoms with Crippen LogP contribution in [0.1, 0.15) is 45.6 Å². The van der Waals surface area contributed by atoms with Crippen molar-refractivity contribution in [1.29, 1.82) is 0 Å². The molecule has 1 heterocycles. The molecule has 1 atom stereocenters. The van der Waals surface area contributed by atoms with E-state index in [0.717, 1.165) is 36.5 Å². The Morgan fingerprint density at radius 2 is 1.97 bits per heavy atom. The lowest BCUT2D eigenvalue weighted by atomic mass is 10.1. The first-order valence-corrected chi connectivity index (χ1v) is 10.8. The van der Waals surface area contributed by atoms with Gasteiger partial charge in [-0.2, -0.15) is 0 Å². The molecule has 1 unspecified atom stereocenters. The maximum atomic E-state index is 12.1. The number of carbonyl (C=O) groups excluding carboxylic acids is 2. The maximum absolute atomic E-state index is 12.1. The number of aliphatic imine (C=N–C) groups is 1. The molecule has 0 radical (unpaired) electrons. The normalized spacial score (nSPS) is 15.5. The van der Waals surface area contributed by atoms with Crippen LogP contribution in [0.15, 0.2) is 29.3 Å². The Morgan fingerprint density at radius 1 is 1.26 bits per heavy atom. The van der Waals surface area contributed by atoms with Gasteiger partial charge in [0.2, 0.25) is 5.91 Å². The Balaban J connectivity index is 0.00000480. The van der Waals surface area contributed by atoms with Gasteiger partial charge in [0.15, 0.2) is 5.96 Å². The predicted molar refractivity (Wildman–Crippen MR) is 135 cm³/mol. The highest BCUT2D eigenvalue weighted by atomic mass is 127. The molecule has 0 aliphatic carbocycles. The number of rotatable bonds is 7. The van der Waals surface area contributed by atoms with Gasteiger partial charge in [0, 0.05) is 44.3 Å². The van der Waals surface area contributed by atoms with Gasteiger partial charge in [0.1, 0.15) is 0 Å². The van der Waals surface area contributed by atoms with Crippen LogP contribution in [0.4, 0.5) is 10.5 Å². The monoisotopic (exact) mass is 545 g/mol. The van der Waals surface area contributed by atoms with Gasteiger partial charge in [-0.1, -0.05) is 26.0 Å². The highest BCUT2D eigenvalue weighted by Crippen LogP contribution is 2.14. The molecule has 0 bridgehead atoms. The molecule has 1 aliphatic heterocycles. The van der Waals surface area contributed by atoms with Gasteiger partial charge in [0.05, 0.1) is 6.61 Å². The van der Waals surface area contributed by atoms with Crippen LogP contribution in [-0.4, -0.2) is 55.6 Å². The molecule has 31 heavy (non-hydrogen) atoms. The van der Waals surface area contributed by atoms with E-state index < -0.39 is 0 Å². The Labute approximate surface area is 202 Å². The quantitative estimate of drug-likeness (QED) is 0.277. The summed E-state index contributed by atoms with van der Waals surface area (Å²) in [5.41, 5.74) is 1.85. The fourth-order valence-electron chi connectivity index (χ4n) is 3.20. The second kappa shape index (κ2) is 14.1. The average molecular weight is 545 g/mol. The van der Waals surface area contributed by atoms with Crippen LogP contribution in [0.3, 0.4) is 0 Å². The van der Waals surface area contributed by atoms with Crippen molar-refractivity contribution in [3.05, 3.63) is 29.8 Å². The number of halogens is 1. The van der Waals surface area contributed by atoms with Crippen molar-refractivity contribution in [2.75, 3.05) is 32.1 Å². The third-order valence-corrected chi connectivity index (χ3v) is 5.30. The summed E-state index contributed by atoms with van der Waals surface area (Å²) < 4.78 is 5.06. The number of amides is 2. The fraction of sp³-hybridized carbons (Fsp3) is 0.591. The van der Waals surface area contributed by atoms with E-state index in [9.17, 15) is 9.59 Å². The minimum absolute atomic E-state index is 0. The largest absolute Gasteiger partial charge is 0.450 e. The van der Waals surface area contributed by atoms with E-state index in [1.807, 2.05) is 45.0 Å². The molecular formula is C22H36IN5O3. The Hall–Kier alpha value is -2.04. The molecule has 1 saturated heterocycles. The lowest BCUT2D eigenvalue weighted by Crippen LogP contribution is -2.49. The molecule has 1 aliphatic rings. The van der Waals surface area contributed by atoms with E-state index in [4.69, 9.17) is 4.74 Å². The standard InChI is InChI=1S/C22H35N5O3.HI/c1-5-16(3)20(28)25-19-9-7-8-17(14-19)15-24-21(23-4)26-18-10-12-27(13-11-18)22(29)30-6-2;/h7-9,14,16,18H,5-6,10-13,15H2,1-4H3,(H,25,28)(H2,23,24,26);1H. The molecule has 0 aromatic heterocycles. The van der Waals surface area contributed by atoms with E-state index in [2.05, 4.69) is 20.9 Å². The number of anilines is 1. The molecule has 1 fully saturated rings. The third kappa shape index (κ3) is 8.92. The highest BCUT2D eigenvalue weighted by Gasteiger charge is 2.24. The summed E-state index contributed by atoms with van der Waals surface area (Å²) in [6.07, 6.45) is 2.26. The third-order valence-electron chi connectivity index (χ3n) is 5.30. The van der Waals surface area contributed by atoms with E-state index >= 15 is 0 Å². The zero-order valence-electron chi connectivity index (χ0n) is 18.9. The summed E-state index contributed by atoms with van der Waals surface area (Å²) in [6.45, 7) is 8.08. The van der Waals surface area contributed by atoms with Gasteiger partial charge in [-0.05, 0) is 43.9 Å². The van der Waals surface area contributed by atoms with Crippen molar-refractivity contribution in [1.82, 2.24) is 15.5 Å². The molecular weight excluding hydrogens is 509 g/mol. The van der Waals surface area contributed by atoms with Crippen molar-refractivity contribution < 1.29 is 14.3 Å². The van der Waals surface area contributed by atoms with E-state index in [1.54, 1.807) is 11.9 Å². The molecule has 1 aromatic carbocycles. The first-order chi connectivity index (χ1) is 14.5. The summed E-state index contributed by atoms with van der Waals surface area (Å²) in [5.74, 6) is 0.748. The smallest absolute Gasteiger partial charge is 0.409 e. The van der Waals surface area contributed by atoms with Gasteiger partial charge >= 0.3 is 6.09 Å². The van der Waals surface area contributed by atoms with Crippen LogP contribution in [0.5, 0.6) is 0 Å². The second-order valence-corrected chi connectivity index (χ2v) is 7.53. The SMILES string of the molecule is CCOC(=O)N1CCC(NC(=NC)NCc2cccc(NC(=O)C(C)CC)c2)CC1.I. The first-order valence-electron chi connectivity index (χ1n) is 10.8. The van der Waals surface area contributed by atoms with Crippen molar-refractivity contribution in [3.63, 3.8) is 0 Å². The number of ether oxygens (including phenoxy) is 1. The van der Waals surface area contributed by atoms with Crippen LogP contribution < -0.4 is 16.0 Å². The minimum Gasteiger partial charge on any atom is -0.450 e. The molecule has 174 valence electrons. The average Bonchev–Trinajstić information content (AvgIpc) is 2.76. The molecule has 0 saturated carbocycles. The maximum Gasteiger partial charge on any atom is 0.409 e. The van der Waals surface area contributed by atoms with Gasteiger partial charge in [-0.3, -0.25) is 9.79 Å². The summed E-state index contributed by atoms with van der Waals surface area (Å²) >= 11 is 0. The van der Waals surface area contributed by atoms with Crippen molar-refractivity contribution in [2.45, 2.75) is 52.6 Å². The number of hydrogen-bond donors (Lipinski definition) is 3. The zero-order valence-corrected chi connectivity index (χ0v) is 21.3. The number of likely N-dealkylation sites (tertiary alicyclic amines) is 1. The summed E-state index contributed by atoms with van der Waals surface area (Å²) in [6, 6.07) is 8.07. The van der Waals surface area contributed by atoms with Crippen LogP contribution in [0.2, 0.25) is 0 Å². The molecule has 8 nitrogen and oxygen atoms in total. The number of piperidine rings is 1. The van der Waals surface area contributed by atoms with E-state index in [1.165, 1.54) is 0 Å². The molecule has 9 heteroatoms. The van der Waals surface area contributed by atoms with Crippen molar-refractivity contribution in [2.24, 2.45) is 10.9 Å². The Bertz CT molecular complexity index is 736. The topological polar surface area (TPSA) is 95.1 Å². The van der Waals surface area contributed by atoms with Crippen LogP contribution in [-0.2, 0) is 16.1 Å². The van der Waals surface area contributed by atoms with Gasteiger partial charge in [-0.15, -0.1) is 24.0 Å². The number of nitrogens with one attached hydrogen (secondary N) is 3. The zero-order chi connectivity index (χ0) is 21.9. The van der Waals surface area contributed by atoms with Gasteiger partial charge in [0.25, 0.3) is 0 Å². The number of carbonyl (C=O) groups is 2. The number of nitrogens with zero attached hydrogens (tertiary/aromatic N) is 2. The fourth-order valence-corrected chi connectivity index (χ4v) is 3.20. The lowest BCUT2D eigenvalue weighted by Gasteiger charge is -2.32. The summed E-state index contributed by atoms with van der Waals surface area (Å²) in [5, 5.41) is 9.72. The molecule has 2 amide bonds. The Kier molecular flexibility index (Phi) is 12.3. The van der Waals surface area contributed by atoms with Crippen molar-refractivity contribution in [3.8, 4) is 0 Å². The van der Waals surface area contributed by atoms with E-state index in [-0.39, 0.29) is 47.9 Å². The molecule has 0 spiro atoms. The van der Waals surface area contributed by atoms with Crippen LogP contribution in [0, 0.1) is 5.92 Å². The van der Waals surface area contributed by atoms with Crippen molar-refractivity contribution >= 4 is 47.6 Å². The summed E-state index contributed by atoms with van der Waals surface area (Å²) in [4.78, 5) is 30.0. The number of hydrogen-bond acceptors (Lipinski definition) is 4. The van der Waals surface area contributed by atoms with E-state index in [0.29, 0.717) is 26.2 Å². The van der Waals surface area contributed by atoms with Crippen LogP contribution in [0.25, 0.3) is 0 Å². The highest BCUT2D eigenvalue weighted by molar-refractivity contribution is 14.0. The number of benzene rings is 1. The van der Waals surface area contributed by atoms with Gasteiger partial charge in [-0.25, -0.2) is 4.79 Å². The number of guanidine groups is 1.